The van der Waals surface area contributed by atoms with Gasteiger partial charge in [-0.25, -0.2) is 0 Å². The Balaban J connectivity index is 1.55. The molecule has 1 aromatic heterocycles. The molecule has 6 nitrogen and oxygen atoms in total. The van der Waals surface area contributed by atoms with Gasteiger partial charge in [-0.05, 0) is 24.5 Å². The zero-order chi connectivity index (χ0) is 17.0. The number of carbonyl (C=O) groups is 1. The summed E-state index contributed by atoms with van der Waals surface area (Å²) in [6.07, 6.45) is 12.7. The van der Waals surface area contributed by atoms with Crippen LogP contribution in [0.25, 0.3) is 0 Å². The second-order valence-electron chi connectivity index (χ2n) is 6.29. The lowest BCUT2D eigenvalue weighted by Gasteiger charge is -2.12. The van der Waals surface area contributed by atoms with Gasteiger partial charge in [-0.2, -0.15) is 0 Å². The molecule has 0 aromatic carbocycles. The maximum Gasteiger partial charge on any atom is 0.243 e. The minimum absolute atomic E-state index is 0.118. The number of nitrogens with zero attached hydrogens (tertiary/aromatic N) is 2. The molecule has 24 heavy (non-hydrogen) atoms. The Kier molecular flexibility index (Phi) is 8.07. The average Bonchev–Trinajstić information content (AvgIpc) is 3.11. The summed E-state index contributed by atoms with van der Waals surface area (Å²) in [5, 5.41) is 9.07. The predicted molar refractivity (Wildman–Crippen MR) is 98.0 cm³/mol. The van der Waals surface area contributed by atoms with Gasteiger partial charge in [0.25, 0.3) is 0 Å². The van der Waals surface area contributed by atoms with Gasteiger partial charge >= 0.3 is 0 Å². The van der Waals surface area contributed by atoms with Crippen molar-refractivity contribution >= 4 is 17.6 Å². The maximum absolute atomic E-state index is 11.9. The highest BCUT2D eigenvalue weighted by Crippen LogP contribution is 2.28. The molecule has 0 saturated heterocycles. The summed E-state index contributed by atoms with van der Waals surface area (Å²) < 4.78 is 0. The van der Waals surface area contributed by atoms with Gasteiger partial charge < -0.3 is 16.0 Å². The van der Waals surface area contributed by atoms with Crippen molar-refractivity contribution in [2.45, 2.75) is 44.9 Å². The van der Waals surface area contributed by atoms with E-state index in [1.54, 1.807) is 25.5 Å². The molecule has 1 amide bonds. The van der Waals surface area contributed by atoms with Crippen LogP contribution in [0.1, 0.15) is 44.9 Å². The molecule has 3 N–H and O–H groups in total. The Morgan fingerprint density at radius 1 is 1.29 bits per heavy atom. The van der Waals surface area contributed by atoms with E-state index in [0.29, 0.717) is 11.6 Å². The van der Waals surface area contributed by atoms with E-state index in [4.69, 9.17) is 0 Å². The summed E-state index contributed by atoms with van der Waals surface area (Å²) in [6.45, 7) is 1.06. The second-order valence-corrected chi connectivity index (χ2v) is 6.29. The number of hydrogen-bond donors (Lipinski definition) is 3. The standard InChI is InChI=1S/C18H29N5O/c1-19-18(21-12-5-4-9-15-7-2-3-8-15)22-14-17(24)23-16-10-6-11-20-13-16/h6,10-11,13,15H,2-5,7-9,12,14H2,1H3,(H,23,24)(H2,19,21,22). The molecule has 1 heterocycles. The second kappa shape index (κ2) is 10.6. The Bertz CT molecular complexity index is 511. The number of aromatic nitrogens is 1. The van der Waals surface area contributed by atoms with Gasteiger partial charge in [-0.15, -0.1) is 0 Å². The Morgan fingerprint density at radius 3 is 2.83 bits per heavy atom. The van der Waals surface area contributed by atoms with Crippen molar-refractivity contribution in [3.63, 3.8) is 0 Å². The first-order valence-electron chi connectivity index (χ1n) is 8.92. The molecule has 132 valence electrons. The Labute approximate surface area is 144 Å². The third-order valence-corrected chi connectivity index (χ3v) is 4.39. The number of hydrogen-bond acceptors (Lipinski definition) is 3. The van der Waals surface area contributed by atoms with Gasteiger partial charge in [0.05, 0.1) is 18.4 Å². The summed E-state index contributed by atoms with van der Waals surface area (Å²) in [6, 6.07) is 3.59. The number of carbonyl (C=O) groups excluding carboxylic acids is 1. The summed E-state index contributed by atoms with van der Waals surface area (Å²) in [7, 11) is 1.72. The van der Waals surface area contributed by atoms with Crippen molar-refractivity contribution in [1.29, 1.82) is 0 Å². The largest absolute Gasteiger partial charge is 0.356 e. The van der Waals surface area contributed by atoms with Crippen LogP contribution in [0.3, 0.4) is 0 Å². The Morgan fingerprint density at radius 2 is 2.12 bits per heavy atom. The molecule has 6 heteroatoms. The molecule has 2 rings (SSSR count). The summed E-state index contributed by atoms with van der Waals surface area (Å²) in [5.41, 5.74) is 0.694. The Hall–Kier alpha value is -2.11. The van der Waals surface area contributed by atoms with E-state index in [-0.39, 0.29) is 12.5 Å². The van der Waals surface area contributed by atoms with E-state index in [2.05, 4.69) is 25.9 Å². The third-order valence-electron chi connectivity index (χ3n) is 4.39. The van der Waals surface area contributed by atoms with Crippen molar-refractivity contribution in [2.75, 3.05) is 25.5 Å². The van der Waals surface area contributed by atoms with E-state index in [1.165, 1.54) is 38.5 Å². The first-order chi connectivity index (χ1) is 11.8. The molecule has 0 bridgehead atoms. The van der Waals surface area contributed by atoms with Crippen LogP contribution in [0.5, 0.6) is 0 Å². The number of aliphatic imine (C=N–C) groups is 1. The van der Waals surface area contributed by atoms with Gasteiger partial charge in [0.2, 0.25) is 5.91 Å². The zero-order valence-electron chi connectivity index (χ0n) is 14.6. The van der Waals surface area contributed by atoms with Crippen molar-refractivity contribution < 1.29 is 4.79 Å². The van der Waals surface area contributed by atoms with Crippen LogP contribution in [0.15, 0.2) is 29.5 Å². The van der Waals surface area contributed by atoms with Crippen LogP contribution in [0, 0.1) is 5.92 Å². The molecule has 1 aromatic rings. The minimum atomic E-state index is -0.118. The molecule has 0 unspecified atom stereocenters. The minimum Gasteiger partial charge on any atom is -0.356 e. The van der Waals surface area contributed by atoms with E-state index >= 15 is 0 Å². The first kappa shape index (κ1) is 18.2. The smallest absolute Gasteiger partial charge is 0.243 e. The predicted octanol–water partition coefficient (Wildman–Crippen LogP) is 2.55. The first-order valence-corrected chi connectivity index (χ1v) is 8.92. The molecule has 1 aliphatic rings. The molecule has 0 atom stereocenters. The van der Waals surface area contributed by atoms with E-state index < -0.39 is 0 Å². The molecule has 1 saturated carbocycles. The number of rotatable bonds is 8. The van der Waals surface area contributed by atoms with Crippen molar-refractivity contribution in [3.05, 3.63) is 24.5 Å². The lowest BCUT2D eigenvalue weighted by atomic mass is 10.0. The summed E-state index contributed by atoms with van der Waals surface area (Å²) >= 11 is 0. The van der Waals surface area contributed by atoms with Crippen LogP contribution >= 0.6 is 0 Å². The van der Waals surface area contributed by atoms with Crippen LogP contribution in [0.4, 0.5) is 5.69 Å². The van der Waals surface area contributed by atoms with Gasteiger partial charge in [0.15, 0.2) is 5.96 Å². The van der Waals surface area contributed by atoms with E-state index in [1.807, 2.05) is 6.07 Å². The highest BCUT2D eigenvalue weighted by molar-refractivity contribution is 5.94. The SMILES string of the molecule is CN=C(NCCCCC1CCCC1)NCC(=O)Nc1cccnc1. The third kappa shape index (κ3) is 6.98. The lowest BCUT2D eigenvalue weighted by Crippen LogP contribution is -2.41. The topological polar surface area (TPSA) is 78.4 Å². The van der Waals surface area contributed by atoms with Gasteiger partial charge in [-0.3, -0.25) is 14.8 Å². The number of pyridine rings is 1. The normalized spacial score (nSPS) is 15.3. The number of unbranched alkanes of at least 4 members (excludes halogenated alkanes) is 1. The van der Waals surface area contributed by atoms with Crippen LogP contribution < -0.4 is 16.0 Å². The quantitative estimate of drug-likeness (QED) is 0.389. The average molecular weight is 331 g/mol. The fourth-order valence-corrected chi connectivity index (χ4v) is 3.09. The molecule has 0 aliphatic heterocycles. The number of nitrogens with one attached hydrogen (secondary N) is 3. The molecular weight excluding hydrogens is 302 g/mol. The van der Waals surface area contributed by atoms with Crippen LogP contribution in [-0.4, -0.2) is 37.0 Å². The maximum atomic E-state index is 11.9. The van der Waals surface area contributed by atoms with Crippen molar-refractivity contribution in [3.8, 4) is 0 Å². The summed E-state index contributed by atoms with van der Waals surface area (Å²) in [5.74, 6) is 1.50. The molecule has 0 spiro atoms. The number of anilines is 1. The van der Waals surface area contributed by atoms with Gasteiger partial charge in [0.1, 0.15) is 0 Å². The van der Waals surface area contributed by atoms with Gasteiger partial charge in [-0.1, -0.05) is 38.5 Å². The molecular formula is C18H29N5O. The fraction of sp³-hybridized carbons (Fsp3) is 0.611. The summed E-state index contributed by atoms with van der Waals surface area (Å²) in [4.78, 5) is 20.0. The van der Waals surface area contributed by atoms with Crippen LogP contribution in [-0.2, 0) is 4.79 Å². The highest BCUT2D eigenvalue weighted by atomic mass is 16.1. The molecule has 1 fully saturated rings. The van der Waals surface area contributed by atoms with Gasteiger partial charge in [0, 0.05) is 19.8 Å². The number of amides is 1. The zero-order valence-corrected chi connectivity index (χ0v) is 14.6. The van der Waals surface area contributed by atoms with Crippen molar-refractivity contribution in [2.24, 2.45) is 10.9 Å². The monoisotopic (exact) mass is 331 g/mol. The molecule has 0 radical (unpaired) electrons. The number of guanidine groups is 1. The fourth-order valence-electron chi connectivity index (χ4n) is 3.09. The van der Waals surface area contributed by atoms with Crippen molar-refractivity contribution in [1.82, 2.24) is 15.6 Å². The lowest BCUT2D eigenvalue weighted by molar-refractivity contribution is -0.115. The van der Waals surface area contributed by atoms with E-state index in [0.717, 1.165) is 18.9 Å². The van der Waals surface area contributed by atoms with Crippen LogP contribution in [0.2, 0.25) is 0 Å². The molecule has 1 aliphatic carbocycles. The highest BCUT2D eigenvalue weighted by Gasteiger charge is 2.13. The van der Waals surface area contributed by atoms with E-state index in [9.17, 15) is 4.79 Å².